The van der Waals surface area contributed by atoms with Crippen LogP contribution >= 0.6 is 58.0 Å². The number of halogens is 5. The van der Waals surface area contributed by atoms with Gasteiger partial charge in [0.1, 0.15) is 9.98 Å². The van der Waals surface area contributed by atoms with Crippen LogP contribution in [0.25, 0.3) is 5.65 Å². The van der Waals surface area contributed by atoms with Crippen molar-refractivity contribution in [1.29, 1.82) is 0 Å². The van der Waals surface area contributed by atoms with Crippen molar-refractivity contribution in [3.63, 3.8) is 0 Å². The molecule has 2 aromatic carbocycles. The number of aromatic nitrogens is 2. The monoisotopic (exact) mass is 566 g/mol. The maximum atomic E-state index is 13.0. The first-order valence-corrected chi connectivity index (χ1v) is 12.2. The number of carbonyl (C=O) groups excluding carboxylic acids is 2. The smallest absolute Gasteiger partial charge is 0.257 e. The highest BCUT2D eigenvalue weighted by atomic mass is 35.5. The van der Waals surface area contributed by atoms with Crippen molar-refractivity contribution in [2.75, 3.05) is 10.6 Å². The standard InChI is InChI=1S/C24H15Cl5N4O2/c25-13-7-12(8-14(26)9-13)20-21(24(20,28)29)23(35)31-15-1-3-18(27)17(10-15)22(34)32-16-2-4-19-30-5-6-33(19)11-16/h1-11,20-21H,(H,31,35)(H,32,34)/t20-,21+/m0/s1. The molecule has 0 bridgehead atoms. The van der Waals surface area contributed by atoms with E-state index in [1.54, 1.807) is 59.4 Å². The minimum absolute atomic E-state index is 0.187. The van der Waals surface area contributed by atoms with Crippen LogP contribution in [0.2, 0.25) is 15.1 Å². The van der Waals surface area contributed by atoms with Crippen molar-refractivity contribution in [3.05, 3.63) is 93.3 Å². The number of anilines is 2. The molecule has 1 aliphatic rings. The Morgan fingerprint density at radius 2 is 1.63 bits per heavy atom. The summed E-state index contributed by atoms with van der Waals surface area (Å²) in [6.07, 6.45) is 5.16. The van der Waals surface area contributed by atoms with Crippen LogP contribution in [-0.2, 0) is 4.79 Å². The molecule has 0 aliphatic heterocycles. The topological polar surface area (TPSA) is 75.5 Å². The van der Waals surface area contributed by atoms with E-state index in [1.165, 1.54) is 12.1 Å². The maximum Gasteiger partial charge on any atom is 0.257 e. The number of hydrogen-bond donors (Lipinski definition) is 2. The molecule has 2 amide bonds. The lowest BCUT2D eigenvalue weighted by atomic mass is 10.1. The van der Waals surface area contributed by atoms with Gasteiger partial charge in [-0.25, -0.2) is 4.98 Å². The number of pyridine rings is 1. The molecule has 6 nitrogen and oxygen atoms in total. The Hall–Kier alpha value is -2.48. The summed E-state index contributed by atoms with van der Waals surface area (Å²) in [5, 5.41) is 6.63. The molecule has 2 N–H and O–H groups in total. The Balaban J connectivity index is 1.33. The summed E-state index contributed by atoms with van der Waals surface area (Å²) in [4.78, 5) is 30.1. The third-order valence-electron chi connectivity index (χ3n) is 5.71. The summed E-state index contributed by atoms with van der Waals surface area (Å²) in [7, 11) is 0. The van der Waals surface area contributed by atoms with Crippen molar-refractivity contribution < 1.29 is 9.59 Å². The average molecular weight is 569 g/mol. The molecule has 11 heteroatoms. The Kier molecular flexibility index (Phi) is 6.36. The number of rotatable bonds is 5. The molecule has 1 saturated carbocycles. The highest BCUT2D eigenvalue weighted by Crippen LogP contribution is 2.65. The van der Waals surface area contributed by atoms with Crippen molar-refractivity contribution in [2.24, 2.45) is 5.92 Å². The molecule has 0 spiro atoms. The maximum absolute atomic E-state index is 13.0. The highest BCUT2D eigenvalue weighted by molar-refractivity contribution is 6.53. The molecule has 1 fully saturated rings. The molecule has 2 heterocycles. The molecule has 4 aromatic rings. The third-order valence-corrected chi connectivity index (χ3v) is 7.41. The minimum atomic E-state index is -1.32. The lowest BCUT2D eigenvalue weighted by Gasteiger charge is -2.11. The fourth-order valence-electron chi connectivity index (χ4n) is 4.01. The molecule has 0 unspecified atom stereocenters. The molecular weight excluding hydrogens is 554 g/mol. The van der Waals surface area contributed by atoms with Gasteiger partial charge in [-0.3, -0.25) is 9.59 Å². The normalized spacial score (nSPS) is 18.3. The van der Waals surface area contributed by atoms with Crippen molar-refractivity contribution in [3.8, 4) is 0 Å². The molecule has 0 saturated heterocycles. The highest BCUT2D eigenvalue weighted by Gasteiger charge is 2.67. The number of alkyl halides is 2. The quantitative estimate of drug-likeness (QED) is 0.253. The van der Waals surface area contributed by atoms with E-state index in [-0.39, 0.29) is 10.6 Å². The van der Waals surface area contributed by atoms with E-state index in [4.69, 9.17) is 58.0 Å². The average Bonchev–Trinajstić information content (AvgIpc) is 3.11. The molecule has 0 radical (unpaired) electrons. The third kappa shape index (κ3) is 4.82. The van der Waals surface area contributed by atoms with Gasteiger partial charge in [-0.1, -0.05) is 34.8 Å². The Bertz CT molecular complexity index is 1470. The van der Waals surface area contributed by atoms with Crippen LogP contribution in [0, 0.1) is 5.92 Å². The Morgan fingerprint density at radius 3 is 2.37 bits per heavy atom. The number of carbonyl (C=O) groups is 2. The van der Waals surface area contributed by atoms with Crippen LogP contribution in [0.3, 0.4) is 0 Å². The predicted octanol–water partition coefficient (Wildman–Crippen LogP) is 7.07. The molecule has 5 rings (SSSR count). The number of benzene rings is 2. The molecule has 35 heavy (non-hydrogen) atoms. The van der Waals surface area contributed by atoms with Gasteiger partial charge >= 0.3 is 0 Å². The van der Waals surface area contributed by atoms with Gasteiger partial charge in [0.05, 0.1) is 22.2 Å². The summed E-state index contributed by atoms with van der Waals surface area (Å²) < 4.78 is 0.453. The van der Waals surface area contributed by atoms with Crippen LogP contribution in [-0.4, -0.2) is 25.5 Å². The van der Waals surface area contributed by atoms with E-state index in [2.05, 4.69) is 15.6 Å². The number of nitrogens with zero attached hydrogens (tertiary/aromatic N) is 2. The summed E-state index contributed by atoms with van der Waals surface area (Å²) in [6, 6.07) is 13.1. The lowest BCUT2D eigenvalue weighted by Crippen LogP contribution is -2.18. The molecule has 2 atom stereocenters. The number of hydrogen-bond acceptors (Lipinski definition) is 3. The van der Waals surface area contributed by atoms with Crippen LogP contribution in [0.1, 0.15) is 21.8 Å². The van der Waals surface area contributed by atoms with Crippen molar-refractivity contribution >= 4 is 86.8 Å². The van der Waals surface area contributed by atoms with Crippen LogP contribution in [0.15, 0.2) is 67.1 Å². The largest absolute Gasteiger partial charge is 0.326 e. The summed E-state index contributed by atoms with van der Waals surface area (Å²) in [5.74, 6) is -2.08. The zero-order valence-corrected chi connectivity index (χ0v) is 21.4. The van der Waals surface area contributed by atoms with E-state index in [0.717, 1.165) is 5.65 Å². The minimum Gasteiger partial charge on any atom is -0.326 e. The van der Waals surface area contributed by atoms with E-state index in [1.807, 2.05) is 0 Å². The number of nitrogens with one attached hydrogen (secondary N) is 2. The van der Waals surface area contributed by atoms with Gasteiger partial charge in [0.25, 0.3) is 5.91 Å². The first kappa shape index (κ1) is 24.2. The second kappa shape index (κ2) is 9.19. The molecule has 2 aromatic heterocycles. The first-order chi connectivity index (χ1) is 16.6. The Labute approximate surface area is 225 Å². The summed E-state index contributed by atoms with van der Waals surface area (Å²) in [6.45, 7) is 0. The second-order valence-electron chi connectivity index (χ2n) is 8.08. The van der Waals surface area contributed by atoms with E-state index < -0.39 is 28.0 Å². The fourth-order valence-corrected chi connectivity index (χ4v) is 5.59. The van der Waals surface area contributed by atoms with Crippen LogP contribution < -0.4 is 10.6 Å². The Morgan fingerprint density at radius 1 is 0.914 bits per heavy atom. The van der Waals surface area contributed by atoms with Crippen LogP contribution in [0.4, 0.5) is 11.4 Å². The zero-order valence-electron chi connectivity index (χ0n) is 17.6. The number of amides is 2. The van der Waals surface area contributed by atoms with Gasteiger partial charge in [-0.2, -0.15) is 0 Å². The SMILES string of the molecule is O=C(Nc1ccc2nccn2c1)c1cc(NC(=O)[C@H]2[C@H](c3cc(Cl)cc(Cl)c3)C2(Cl)Cl)ccc1Cl. The van der Waals surface area contributed by atoms with Crippen molar-refractivity contribution in [2.45, 2.75) is 10.3 Å². The van der Waals surface area contributed by atoms with Crippen molar-refractivity contribution in [1.82, 2.24) is 9.38 Å². The van der Waals surface area contributed by atoms with E-state index >= 15 is 0 Å². The van der Waals surface area contributed by atoms with Gasteiger partial charge in [0.2, 0.25) is 5.91 Å². The predicted molar refractivity (Wildman–Crippen MR) is 140 cm³/mol. The van der Waals surface area contributed by atoms with Crippen LogP contribution in [0.5, 0.6) is 0 Å². The molecular formula is C24H15Cl5N4O2. The van der Waals surface area contributed by atoms with Gasteiger partial charge in [0, 0.05) is 40.2 Å². The lowest BCUT2D eigenvalue weighted by molar-refractivity contribution is -0.117. The number of imidazole rings is 1. The van der Waals surface area contributed by atoms with Gasteiger partial charge in [-0.05, 0) is 54.1 Å². The van der Waals surface area contributed by atoms with Gasteiger partial charge in [0.15, 0.2) is 0 Å². The van der Waals surface area contributed by atoms with E-state index in [0.29, 0.717) is 27.0 Å². The first-order valence-electron chi connectivity index (χ1n) is 10.3. The summed E-state index contributed by atoms with van der Waals surface area (Å²) >= 11 is 31.3. The number of fused-ring (bicyclic) bond motifs is 1. The fraction of sp³-hybridized carbons (Fsp3) is 0.125. The summed E-state index contributed by atoms with van der Waals surface area (Å²) in [5.41, 5.74) is 2.53. The van der Waals surface area contributed by atoms with Gasteiger partial charge < -0.3 is 15.0 Å². The van der Waals surface area contributed by atoms with E-state index in [9.17, 15) is 9.59 Å². The molecule has 1 aliphatic carbocycles. The molecule has 178 valence electrons. The zero-order chi connectivity index (χ0) is 24.9. The second-order valence-corrected chi connectivity index (χ2v) is 10.8. The van der Waals surface area contributed by atoms with Gasteiger partial charge in [-0.15, -0.1) is 23.2 Å².